The number of hydrogen-bond acceptors (Lipinski definition) is 5. The zero-order chi connectivity index (χ0) is 20.7. The second kappa shape index (κ2) is 10.2. The predicted molar refractivity (Wildman–Crippen MR) is 112 cm³/mol. The minimum atomic E-state index is -3.02. The van der Waals surface area contributed by atoms with Crippen molar-refractivity contribution in [3.8, 4) is 0 Å². The third-order valence-electron chi connectivity index (χ3n) is 5.81. The summed E-state index contributed by atoms with van der Waals surface area (Å²) in [4.78, 5) is 27.1. The Bertz CT molecular complexity index is 777. The maximum Gasteiger partial charge on any atom is 0.242 e. The van der Waals surface area contributed by atoms with Gasteiger partial charge in [-0.05, 0) is 18.4 Å². The van der Waals surface area contributed by atoms with Crippen LogP contribution in [0.1, 0.15) is 43.7 Å². The number of nitrogens with one attached hydrogen (secondary N) is 2. The fraction of sp³-hybridized carbons (Fsp3) is 0.619. The Morgan fingerprint density at radius 2 is 1.59 bits per heavy atom. The van der Waals surface area contributed by atoms with Crippen LogP contribution in [0.15, 0.2) is 30.3 Å². The van der Waals surface area contributed by atoms with E-state index in [-0.39, 0.29) is 29.2 Å². The molecule has 3 rings (SSSR count). The van der Waals surface area contributed by atoms with E-state index < -0.39 is 15.9 Å². The lowest BCUT2D eigenvalue weighted by molar-refractivity contribution is -0.128. The van der Waals surface area contributed by atoms with E-state index in [4.69, 9.17) is 0 Å². The molecule has 1 atom stereocenters. The van der Waals surface area contributed by atoms with Gasteiger partial charge in [0, 0.05) is 32.1 Å². The Morgan fingerprint density at radius 1 is 0.966 bits per heavy atom. The van der Waals surface area contributed by atoms with Crippen molar-refractivity contribution in [3.05, 3.63) is 35.9 Å². The van der Waals surface area contributed by atoms with Crippen LogP contribution >= 0.6 is 0 Å². The van der Waals surface area contributed by atoms with Gasteiger partial charge in [0.25, 0.3) is 0 Å². The highest BCUT2D eigenvalue weighted by atomic mass is 32.2. The summed E-state index contributed by atoms with van der Waals surface area (Å²) in [5.41, 5.74) is 0.843. The van der Waals surface area contributed by atoms with Gasteiger partial charge in [-0.1, -0.05) is 49.6 Å². The first-order chi connectivity index (χ1) is 14.0. The highest BCUT2D eigenvalue weighted by molar-refractivity contribution is 7.91. The molecule has 2 N–H and O–H groups in total. The van der Waals surface area contributed by atoms with Crippen molar-refractivity contribution < 1.29 is 18.0 Å². The lowest BCUT2D eigenvalue weighted by Gasteiger charge is -2.33. The number of carbonyl (C=O) groups is 2. The van der Waals surface area contributed by atoms with E-state index in [1.54, 1.807) is 0 Å². The van der Waals surface area contributed by atoms with E-state index in [1.165, 1.54) is 6.42 Å². The molecule has 0 bridgehead atoms. The molecule has 2 aliphatic rings. The van der Waals surface area contributed by atoms with Crippen LogP contribution < -0.4 is 10.6 Å². The van der Waals surface area contributed by atoms with Gasteiger partial charge in [-0.25, -0.2) is 8.42 Å². The van der Waals surface area contributed by atoms with Crippen LogP contribution in [-0.4, -0.2) is 62.8 Å². The second-order valence-corrected chi connectivity index (χ2v) is 10.2. The molecule has 2 amide bonds. The molecule has 2 fully saturated rings. The van der Waals surface area contributed by atoms with Crippen molar-refractivity contribution in [2.24, 2.45) is 5.92 Å². The van der Waals surface area contributed by atoms with Crippen molar-refractivity contribution in [1.82, 2.24) is 15.5 Å². The number of rotatable bonds is 7. The van der Waals surface area contributed by atoms with E-state index in [9.17, 15) is 18.0 Å². The summed E-state index contributed by atoms with van der Waals surface area (Å²) in [7, 11) is -3.02. The standard InChI is InChI=1S/C21H31N3O4S/c25-20(18-9-5-2-6-10-18)22-11-12-23-21(26)19(17-7-3-1-4-8-17)24-13-15-29(27,28)16-14-24/h1,3-4,7-8,18-19H,2,5-6,9-16H2,(H,22,25)(H,23,26). The third-order valence-corrected chi connectivity index (χ3v) is 7.42. The number of amides is 2. The molecular weight excluding hydrogens is 390 g/mol. The van der Waals surface area contributed by atoms with Gasteiger partial charge in [0.2, 0.25) is 11.8 Å². The summed E-state index contributed by atoms with van der Waals surface area (Å²) in [6.07, 6.45) is 5.33. The second-order valence-electron chi connectivity index (χ2n) is 7.92. The summed E-state index contributed by atoms with van der Waals surface area (Å²) in [6.45, 7) is 1.44. The molecular formula is C21H31N3O4S. The molecule has 29 heavy (non-hydrogen) atoms. The number of hydrogen-bond donors (Lipinski definition) is 2. The van der Waals surface area contributed by atoms with Crippen molar-refractivity contribution in [3.63, 3.8) is 0 Å². The average Bonchev–Trinajstić information content (AvgIpc) is 2.74. The molecule has 8 heteroatoms. The van der Waals surface area contributed by atoms with Crippen LogP contribution in [0.5, 0.6) is 0 Å². The minimum Gasteiger partial charge on any atom is -0.354 e. The number of sulfone groups is 1. The minimum absolute atomic E-state index is 0.0705. The van der Waals surface area contributed by atoms with Crippen LogP contribution in [0.4, 0.5) is 0 Å². The van der Waals surface area contributed by atoms with E-state index >= 15 is 0 Å². The number of carbonyl (C=O) groups excluding carboxylic acids is 2. The van der Waals surface area contributed by atoms with Gasteiger partial charge in [-0.15, -0.1) is 0 Å². The molecule has 0 aromatic heterocycles. The van der Waals surface area contributed by atoms with E-state index in [0.717, 1.165) is 31.2 Å². The highest BCUT2D eigenvalue weighted by Gasteiger charge is 2.32. The van der Waals surface area contributed by atoms with E-state index in [1.807, 2.05) is 35.2 Å². The monoisotopic (exact) mass is 421 g/mol. The molecule has 1 aliphatic carbocycles. The maximum atomic E-state index is 12.9. The molecule has 1 unspecified atom stereocenters. The molecule has 1 aromatic rings. The first kappa shape index (κ1) is 21.8. The van der Waals surface area contributed by atoms with Gasteiger partial charge in [-0.2, -0.15) is 0 Å². The lowest BCUT2D eigenvalue weighted by Crippen LogP contribution is -2.48. The summed E-state index contributed by atoms with van der Waals surface area (Å²) >= 11 is 0. The highest BCUT2D eigenvalue weighted by Crippen LogP contribution is 2.24. The Morgan fingerprint density at radius 3 is 2.24 bits per heavy atom. The quantitative estimate of drug-likeness (QED) is 0.647. The molecule has 1 heterocycles. The molecule has 1 aliphatic heterocycles. The maximum absolute atomic E-state index is 12.9. The summed E-state index contributed by atoms with van der Waals surface area (Å²) < 4.78 is 23.5. The fourth-order valence-electron chi connectivity index (χ4n) is 4.13. The Labute approximate surface area is 173 Å². The summed E-state index contributed by atoms with van der Waals surface area (Å²) in [5.74, 6) is 0.163. The van der Waals surface area contributed by atoms with Crippen molar-refractivity contribution >= 4 is 21.7 Å². The van der Waals surface area contributed by atoms with Crippen molar-refractivity contribution in [2.75, 3.05) is 37.7 Å². The topological polar surface area (TPSA) is 95.6 Å². The predicted octanol–water partition coefficient (Wildman–Crippen LogP) is 1.27. The number of nitrogens with zero attached hydrogens (tertiary/aromatic N) is 1. The summed E-state index contributed by atoms with van der Waals surface area (Å²) in [6, 6.07) is 8.89. The van der Waals surface area contributed by atoms with Crippen molar-refractivity contribution in [2.45, 2.75) is 38.1 Å². The first-order valence-electron chi connectivity index (χ1n) is 10.5. The van der Waals surface area contributed by atoms with Gasteiger partial charge in [-0.3, -0.25) is 14.5 Å². The van der Waals surface area contributed by atoms with Gasteiger partial charge in [0.05, 0.1) is 11.5 Å². The fourth-order valence-corrected chi connectivity index (χ4v) is 5.35. The average molecular weight is 422 g/mol. The smallest absolute Gasteiger partial charge is 0.242 e. The molecule has 1 saturated carbocycles. The van der Waals surface area contributed by atoms with Crippen LogP contribution in [0.25, 0.3) is 0 Å². The Hall–Kier alpha value is -1.93. The molecule has 1 aromatic carbocycles. The zero-order valence-electron chi connectivity index (χ0n) is 16.8. The third kappa shape index (κ3) is 6.27. The molecule has 160 valence electrons. The normalized spacial score (nSPS) is 21.2. The first-order valence-corrected chi connectivity index (χ1v) is 12.3. The van der Waals surface area contributed by atoms with Gasteiger partial charge in [0.15, 0.2) is 9.84 Å². The Balaban J connectivity index is 1.53. The number of benzene rings is 1. The van der Waals surface area contributed by atoms with Crippen LogP contribution in [0.2, 0.25) is 0 Å². The molecule has 7 nitrogen and oxygen atoms in total. The molecule has 0 spiro atoms. The zero-order valence-corrected chi connectivity index (χ0v) is 17.6. The Kier molecular flexibility index (Phi) is 7.66. The van der Waals surface area contributed by atoms with Crippen LogP contribution in [0.3, 0.4) is 0 Å². The van der Waals surface area contributed by atoms with Gasteiger partial charge >= 0.3 is 0 Å². The molecule has 0 radical (unpaired) electrons. The van der Waals surface area contributed by atoms with Gasteiger partial charge < -0.3 is 10.6 Å². The van der Waals surface area contributed by atoms with E-state index in [0.29, 0.717) is 26.2 Å². The van der Waals surface area contributed by atoms with Gasteiger partial charge in [0.1, 0.15) is 6.04 Å². The SMILES string of the molecule is O=C(NCCNC(=O)C(c1ccccc1)N1CCS(=O)(=O)CC1)C1CCCCC1. The lowest BCUT2D eigenvalue weighted by atomic mass is 9.89. The summed E-state index contributed by atoms with van der Waals surface area (Å²) in [5, 5.41) is 5.84. The van der Waals surface area contributed by atoms with E-state index in [2.05, 4.69) is 10.6 Å². The molecule has 1 saturated heterocycles. The van der Waals surface area contributed by atoms with Crippen LogP contribution in [0, 0.1) is 5.92 Å². The van der Waals surface area contributed by atoms with Crippen LogP contribution in [-0.2, 0) is 19.4 Å². The largest absolute Gasteiger partial charge is 0.354 e. The van der Waals surface area contributed by atoms with Crippen molar-refractivity contribution in [1.29, 1.82) is 0 Å².